The molecule has 0 fully saturated rings. The molecule has 0 aromatic heterocycles. The van der Waals surface area contributed by atoms with Gasteiger partial charge in [-0.2, -0.15) is 0 Å². The molecule has 1 aromatic carbocycles. The van der Waals surface area contributed by atoms with Crippen LogP contribution >= 0.6 is 0 Å². The summed E-state index contributed by atoms with van der Waals surface area (Å²) in [5.74, 6) is -1.98. The molecule has 1 atom stereocenters. The summed E-state index contributed by atoms with van der Waals surface area (Å²) in [6, 6.07) is 2.21. The third-order valence-corrected chi connectivity index (χ3v) is 2.51. The minimum Gasteiger partial charge on any atom is -0.488 e. The zero-order chi connectivity index (χ0) is 15.0. The van der Waals surface area contributed by atoms with Crippen LogP contribution in [0, 0.1) is 11.6 Å². The van der Waals surface area contributed by atoms with Crippen LogP contribution in [0.1, 0.15) is 20.3 Å². The summed E-state index contributed by atoms with van der Waals surface area (Å²) in [5.41, 5.74) is 0. The maximum Gasteiger partial charge on any atom is 0.326 e. The van der Waals surface area contributed by atoms with Gasteiger partial charge in [-0.1, -0.05) is 6.92 Å². The van der Waals surface area contributed by atoms with Crippen molar-refractivity contribution in [1.29, 1.82) is 0 Å². The molecule has 1 rings (SSSR count). The van der Waals surface area contributed by atoms with Crippen molar-refractivity contribution in [1.82, 2.24) is 5.32 Å². The molecule has 1 unspecified atom stereocenters. The monoisotopic (exact) mass is 287 g/mol. The van der Waals surface area contributed by atoms with Gasteiger partial charge in [-0.25, -0.2) is 8.78 Å². The van der Waals surface area contributed by atoms with Crippen LogP contribution in [0.25, 0.3) is 0 Å². The van der Waals surface area contributed by atoms with Crippen molar-refractivity contribution in [2.75, 3.05) is 19.8 Å². The summed E-state index contributed by atoms with van der Waals surface area (Å²) in [4.78, 5) is 11.7. The number of hydrogen-bond donors (Lipinski definition) is 1. The molecule has 1 N–H and O–H groups in total. The van der Waals surface area contributed by atoms with Crippen LogP contribution in [0.3, 0.4) is 0 Å². The first-order valence-corrected chi connectivity index (χ1v) is 6.56. The minimum absolute atomic E-state index is 0.126. The van der Waals surface area contributed by atoms with E-state index in [0.717, 1.165) is 24.6 Å². The Morgan fingerprint density at radius 2 is 2.10 bits per heavy atom. The van der Waals surface area contributed by atoms with Gasteiger partial charge in [-0.3, -0.25) is 4.79 Å². The minimum atomic E-state index is -0.711. The second-order valence-electron chi connectivity index (χ2n) is 4.14. The Morgan fingerprint density at radius 3 is 2.75 bits per heavy atom. The quantitative estimate of drug-likeness (QED) is 0.745. The molecule has 1 aromatic rings. The first-order chi connectivity index (χ1) is 9.58. The van der Waals surface area contributed by atoms with Crippen LogP contribution < -0.4 is 10.1 Å². The van der Waals surface area contributed by atoms with E-state index in [1.54, 1.807) is 6.92 Å². The molecule has 0 radical (unpaired) electrons. The van der Waals surface area contributed by atoms with E-state index in [1.165, 1.54) is 0 Å². The maximum absolute atomic E-state index is 13.4. The van der Waals surface area contributed by atoms with Crippen molar-refractivity contribution in [2.45, 2.75) is 26.3 Å². The fourth-order valence-corrected chi connectivity index (χ4v) is 1.53. The van der Waals surface area contributed by atoms with Gasteiger partial charge in [0.05, 0.1) is 6.61 Å². The number of halogens is 2. The first kappa shape index (κ1) is 16.4. The van der Waals surface area contributed by atoms with Crippen LogP contribution in [0.15, 0.2) is 18.2 Å². The highest BCUT2D eigenvalue weighted by atomic mass is 19.1. The molecule has 0 amide bonds. The largest absolute Gasteiger partial charge is 0.488 e. The molecule has 20 heavy (non-hydrogen) atoms. The molecule has 0 saturated carbocycles. The van der Waals surface area contributed by atoms with Gasteiger partial charge in [0.15, 0.2) is 11.6 Å². The molecule has 0 aliphatic carbocycles. The van der Waals surface area contributed by atoms with Gasteiger partial charge in [0, 0.05) is 6.07 Å². The number of rotatable bonds is 8. The third kappa shape index (κ3) is 5.13. The number of hydrogen-bond acceptors (Lipinski definition) is 4. The van der Waals surface area contributed by atoms with E-state index >= 15 is 0 Å². The van der Waals surface area contributed by atoms with E-state index in [4.69, 9.17) is 9.47 Å². The molecule has 0 saturated heterocycles. The first-order valence-electron chi connectivity index (χ1n) is 6.56. The Hall–Kier alpha value is -1.69. The third-order valence-electron chi connectivity index (χ3n) is 2.51. The average molecular weight is 287 g/mol. The van der Waals surface area contributed by atoms with Crippen molar-refractivity contribution in [3.05, 3.63) is 29.8 Å². The van der Waals surface area contributed by atoms with E-state index in [2.05, 4.69) is 5.32 Å². The molecule has 0 bridgehead atoms. The Kier molecular flexibility index (Phi) is 6.93. The standard InChI is InChI=1S/C14H19F2NO3/c1-3-7-17-12(14(18)19-4-2)9-20-13-8-10(15)5-6-11(13)16/h5-6,8,12,17H,3-4,7,9H2,1-2H3. The Morgan fingerprint density at radius 1 is 1.35 bits per heavy atom. The highest BCUT2D eigenvalue weighted by Crippen LogP contribution is 2.18. The number of esters is 1. The lowest BCUT2D eigenvalue weighted by atomic mass is 10.3. The van der Waals surface area contributed by atoms with Crippen molar-refractivity contribution >= 4 is 5.97 Å². The van der Waals surface area contributed by atoms with Gasteiger partial charge in [-0.05, 0) is 32.0 Å². The van der Waals surface area contributed by atoms with Crippen molar-refractivity contribution < 1.29 is 23.0 Å². The van der Waals surface area contributed by atoms with Crippen LogP contribution in [-0.2, 0) is 9.53 Å². The lowest BCUT2D eigenvalue weighted by Crippen LogP contribution is -2.43. The van der Waals surface area contributed by atoms with Gasteiger partial charge in [0.25, 0.3) is 0 Å². The number of carbonyl (C=O) groups excluding carboxylic acids is 1. The van der Waals surface area contributed by atoms with Crippen molar-refractivity contribution in [2.24, 2.45) is 0 Å². The number of benzene rings is 1. The van der Waals surface area contributed by atoms with Gasteiger partial charge in [0.1, 0.15) is 18.5 Å². The van der Waals surface area contributed by atoms with E-state index in [1.807, 2.05) is 6.92 Å². The summed E-state index contributed by atoms with van der Waals surface area (Å²) in [6.07, 6.45) is 0.824. The number of ether oxygens (including phenoxy) is 2. The van der Waals surface area contributed by atoms with E-state index < -0.39 is 23.6 Å². The fraction of sp³-hybridized carbons (Fsp3) is 0.500. The summed E-state index contributed by atoms with van der Waals surface area (Å²) in [6.45, 7) is 4.36. The fourth-order valence-electron chi connectivity index (χ4n) is 1.53. The number of nitrogens with one attached hydrogen (secondary N) is 1. The van der Waals surface area contributed by atoms with Crippen molar-refractivity contribution in [3.63, 3.8) is 0 Å². The molecular formula is C14H19F2NO3. The molecule has 6 heteroatoms. The van der Waals surface area contributed by atoms with E-state index in [9.17, 15) is 13.6 Å². The molecular weight excluding hydrogens is 268 g/mol. The highest BCUT2D eigenvalue weighted by Gasteiger charge is 2.20. The Bertz CT molecular complexity index is 440. The predicted octanol–water partition coefficient (Wildman–Crippen LogP) is 2.27. The van der Waals surface area contributed by atoms with E-state index in [0.29, 0.717) is 6.54 Å². The number of carbonyl (C=O) groups is 1. The smallest absolute Gasteiger partial charge is 0.326 e. The lowest BCUT2D eigenvalue weighted by Gasteiger charge is -2.17. The van der Waals surface area contributed by atoms with Crippen LogP contribution in [0.5, 0.6) is 5.75 Å². The zero-order valence-corrected chi connectivity index (χ0v) is 11.6. The van der Waals surface area contributed by atoms with Gasteiger partial charge >= 0.3 is 5.97 Å². The molecule has 4 nitrogen and oxygen atoms in total. The SMILES string of the molecule is CCCNC(COc1cc(F)ccc1F)C(=O)OCC. The maximum atomic E-state index is 13.4. The normalized spacial score (nSPS) is 12.0. The zero-order valence-electron chi connectivity index (χ0n) is 11.6. The molecule has 0 heterocycles. The second kappa shape index (κ2) is 8.47. The van der Waals surface area contributed by atoms with Gasteiger partial charge in [0.2, 0.25) is 0 Å². The second-order valence-corrected chi connectivity index (χ2v) is 4.14. The van der Waals surface area contributed by atoms with Gasteiger partial charge < -0.3 is 14.8 Å². The summed E-state index contributed by atoms with van der Waals surface area (Å²) < 4.78 is 36.5. The Labute approximate surface area is 117 Å². The molecule has 112 valence electrons. The summed E-state index contributed by atoms with van der Waals surface area (Å²) in [5, 5.41) is 2.94. The van der Waals surface area contributed by atoms with Crippen molar-refractivity contribution in [3.8, 4) is 5.75 Å². The van der Waals surface area contributed by atoms with Crippen LogP contribution in [-0.4, -0.2) is 31.8 Å². The average Bonchev–Trinajstić information content (AvgIpc) is 2.42. The topological polar surface area (TPSA) is 47.6 Å². The summed E-state index contributed by atoms with van der Waals surface area (Å²) >= 11 is 0. The summed E-state index contributed by atoms with van der Waals surface area (Å²) in [7, 11) is 0. The highest BCUT2D eigenvalue weighted by molar-refractivity contribution is 5.76. The predicted molar refractivity (Wildman–Crippen MR) is 70.6 cm³/mol. The van der Waals surface area contributed by atoms with E-state index in [-0.39, 0.29) is 19.0 Å². The van der Waals surface area contributed by atoms with Gasteiger partial charge in [-0.15, -0.1) is 0 Å². The van der Waals surface area contributed by atoms with Crippen LogP contribution in [0.2, 0.25) is 0 Å². The lowest BCUT2D eigenvalue weighted by molar-refractivity contribution is -0.146. The molecule has 0 aliphatic rings. The molecule has 0 spiro atoms. The Balaban J connectivity index is 2.64. The molecule has 0 aliphatic heterocycles. The van der Waals surface area contributed by atoms with Crippen LogP contribution in [0.4, 0.5) is 8.78 Å².